The largest absolute Gasteiger partial charge is 0.481 e. The number of amides is 1. The first-order valence-corrected chi connectivity index (χ1v) is 8.09. The molecule has 17 heavy (non-hydrogen) atoms. The average Bonchev–Trinajstić information content (AvgIpc) is 2.14. The molecule has 1 N–H and O–H groups in total. The number of nitrogens with zero attached hydrogens (tertiary/aromatic N) is 1. The number of carbonyl (C=O) groups is 2. The van der Waals surface area contributed by atoms with Gasteiger partial charge in [-0.3, -0.25) is 9.59 Å². The molecule has 0 aromatic carbocycles. The highest BCUT2D eigenvalue weighted by molar-refractivity contribution is 8.00. The highest BCUT2D eigenvalue weighted by atomic mass is 32.2. The first-order valence-electron chi connectivity index (χ1n) is 5.11. The average molecular weight is 281 g/mol. The smallest absolute Gasteiger partial charge is 0.313 e. The van der Waals surface area contributed by atoms with E-state index in [-0.39, 0.29) is 41.5 Å². The van der Waals surface area contributed by atoms with Crippen LogP contribution in [0.15, 0.2) is 0 Å². The van der Waals surface area contributed by atoms with Gasteiger partial charge in [0.1, 0.15) is 0 Å². The van der Waals surface area contributed by atoms with E-state index in [1.807, 2.05) is 0 Å². The van der Waals surface area contributed by atoms with Crippen molar-refractivity contribution in [3.8, 4) is 0 Å². The lowest BCUT2D eigenvalue weighted by Crippen LogP contribution is -2.50. The number of sulfone groups is 1. The minimum atomic E-state index is -3.03. The van der Waals surface area contributed by atoms with E-state index in [9.17, 15) is 18.0 Å². The number of thioether (sulfide) groups is 1. The Morgan fingerprint density at radius 3 is 2.59 bits per heavy atom. The van der Waals surface area contributed by atoms with Crippen molar-refractivity contribution in [2.45, 2.75) is 13.0 Å². The second-order valence-electron chi connectivity index (χ2n) is 3.94. The molecule has 1 fully saturated rings. The number of rotatable bonds is 4. The molecule has 6 nitrogen and oxygen atoms in total. The molecule has 1 saturated heterocycles. The van der Waals surface area contributed by atoms with Crippen LogP contribution < -0.4 is 0 Å². The van der Waals surface area contributed by atoms with Gasteiger partial charge in [0.05, 0.1) is 23.0 Å². The summed E-state index contributed by atoms with van der Waals surface area (Å²) >= 11 is 1.02. The number of carboxylic acids is 1. The van der Waals surface area contributed by atoms with E-state index < -0.39 is 15.8 Å². The van der Waals surface area contributed by atoms with E-state index in [1.165, 1.54) is 4.90 Å². The van der Waals surface area contributed by atoms with E-state index in [0.29, 0.717) is 0 Å². The van der Waals surface area contributed by atoms with Gasteiger partial charge >= 0.3 is 5.97 Å². The summed E-state index contributed by atoms with van der Waals surface area (Å²) in [6, 6.07) is -0.327. The van der Waals surface area contributed by atoms with Gasteiger partial charge in [0.25, 0.3) is 0 Å². The molecular weight excluding hydrogens is 266 g/mol. The van der Waals surface area contributed by atoms with Gasteiger partial charge in [-0.2, -0.15) is 0 Å². The van der Waals surface area contributed by atoms with E-state index in [2.05, 4.69) is 0 Å². The van der Waals surface area contributed by atoms with Crippen LogP contribution >= 0.6 is 11.8 Å². The fraction of sp³-hybridized carbons (Fsp3) is 0.778. The molecule has 98 valence electrons. The van der Waals surface area contributed by atoms with Crippen LogP contribution in [0.2, 0.25) is 0 Å². The summed E-state index contributed by atoms with van der Waals surface area (Å²) in [5.74, 6) is -1.21. The Hall–Kier alpha value is -0.760. The SMILES string of the molecule is CC1CS(=O)(=O)CCN1C(=O)CSCC(=O)O. The third-order valence-electron chi connectivity index (χ3n) is 2.44. The van der Waals surface area contributed by atoms with Gasteiger partial charge in [-0.15, -0.1) is 11.8 Å². The Morgan fingerprint density at radius 2 is 2.06 bits per heavy atom. The monoisotopic (exact) mass is 281 g/mol. The van der Waals surface area contributed by atoms with Crippen LogP contribution in [0.4, 0.5) is 0 Å². The van der Waals surface area contributed by atoms with Gasteiger partial charge in [-0.25, -0.2) is 8.42 Å². The van der Waals surface area contributed by atoms with Crippen molar-refractivity contribution < 1.29 is 23.1 Å². The Balaban J connectivity index is 2.45. The molecular formula is C9H15NO5S2. The molecule has 1 atom stereocenters. The van der Waals surface area contributed by atoms with E-state index in [4.69, 9.17) is 5.11 Å². The van der Waals surface area contributed by atoms with E-state index in [1.54, 1.807) is 6.92 Å². The molecule has 1 heterocycles. The highest BCUT2D eigenvalue weighted by Crippen LogP contribution is 2.13. The molecule has 0 aromatic heterocycles. The van der Waals surface area contributed by atoms with E-state index >= 15 is 0 Å². The standard InChI is InChI=1S/C9H15NO5S2/c1-7-6-17(14,15)3-2-10(7)8(11)4-16-5-9(12)13/h7H,2-6H2,1H3,(H,12,13). The molecule has 0 radical (unpaired) electrons. The third kappa shape index (κ3) is 4.55. The molecule has 8 heteroatoms. The summed E-state index contributed by atoms with van der Waals surface area (Å²) < 4.78 is 22.6. The van der Waals surface area contributed by atoms with Crippen LogP contribution in [0, 0.1) is 0 Å². The lowest BCUT2D eigenvalue weighted by atomic mass is 10.3. The maximum Gasteiger partial charge on any atom is 0.313 e. The Labute approximate surface area is 104 Å². The van der Waals surface area contributed by atoms with Gasteiger partial charge in [0, 0.05) is 12.6 Å². The van der Waals surface area contributed by atoms with Gasteiger partial charge in [-0.1, -0.05) is 0 Å². The molecule has 0 bridgehead atoms. The topological polar surface area (TPSA) is 91.8 Å². The minimum absolute atomic E-state index is 0.00726. The van der Waals surface area contributed by atoms with Crippen LogP contribution in [0.25, 0.3) is 0 Å². The van der Waals surface area contributed by atoms with Crippen LogP contribution in [0.1, 0.15) is 6.92 Å². The molecule has 0 saturated carbocycles. The van der Waals surface area contributed by atoms with E-state index in [0.717, 1.165) is 11.8 Å². The molecule has 1 aliphatic heterocycles. The molecule has 1 amide bonds. The zero-order chi connectivity index (χ0) is 13.1. The molecule has 0 aliphatic carbocycles. The van der Waals surface area contributed by atoms with Crippen molar-refractivity contribution in [2.24, 2.45) is 0 Å². The summed E-state index contributed by atoms with van der Waals surface area (Å²) in [4.78, 5) is 23.5. The third-order valence-corrected chi connectivity index (χ3v) is 5.14. The number of aliphatic carboxylic acids is 1. The molecule has 0 spiro atoms. The second kappa shape index (κ2) is 5.72. The predicted molar refractivity (Wildman–Crippen MR) is 64.8 cm³/mol. The fourth-order valence-corrected chi connectivity index (χ4v) is 3.85. The van der Waals surface area contributed by atoms with Gasteiger partial charge in [0.2, 0.25) is 5.91 Å². The second-order valence-corrected chi connectivity index (χ2v) is 7.15. The van der Waals surface area contributed by atoms with Crippen molar-refractivity contribution in [3.63, 3.8) is 0 Å². The van der Waals surface area contributed by atoms with Crippen molar-refractivity contribution >= 4 is 33.5 Å². The predicted octanol–water partition coefficient (Wildman–Crippen LogP) is -0.550. The van der Waals surface area contributed by atoms with Crippen LogP contribution in [-0.2, 0) is 19.4 Å². The van der Waals surface area contributed by atoms with Gasteiger partial charge < -0.3 is 10.0 Å². The number of hydrogen-bond acceptors (Lipinski definition) is 5. The molecule has 0 aromatic rings. The van der Waals surface area contributed by atoms with Crippen LogP contribution in [0.5, 0.6) is 0 Å². The Bertz CT molecular complexity index is 406. The fourth-order valence-electron chi connectivity index (χ4n) is 1.68. The number of hydrogen-bond donors (Lipinski definition) is 1. The highest BCUT2D eigenvalue weighted by Gasteiger charge is 2.30. The van der Waals surface area contributed by atoms with Crippen LogP contribution in [-0.4, -0.2) is 65.9 Å². The molecule has 1 unspecified atom stereocenters. The maximum absolute atomic E-state index is 11.7. The Morgan fingerprint density at radius 1 is 1.41 bits per heavy atom. The van der Waals surface area contributed by atoms with Gasteiger partial charge in [-0.05, 0) is 6.92 Å². The lowest BCUT2D eigenvalue weighted by Gasteiger charge is -2.33. The summed E-state index contributed by atoms with van der Waals surface area (Å²) in [7, 11) is -3.03. The summed E-state index contributed by atoms with van der Waals surface area (Å²) in [6.45, 7) is 1.90. The zero-order valence-corrected chi connectivity index (χ0v) is 11.1. The zero-order valence-electron chi connectivity index (χ0n) is 9.46. The summed E-state index contributed by atoms with van der Waals surface area (Å²) in [5, 5.41) is 8.43. The van der Waals surface area contributed by atoms with Crippen LogP contribution in [0.3, 0.4) is 0 Å². The first kappa shape index (κ1) is 14.3. The van der Waals surface area contributed by atoms with Gasteiger partial charge in [0.15, 0.2) is 9.84 Å². The van der Waals surface area contributed by atoms with Crippen molar-refractivity contribution in [1.29, 1.82) is 0 Å². The summed E-state index contributed by atoms with van der Waals surface area (Å²) in [6.07, 6.45) is 0. The maximum atomic E-state index is 11.7. The van der Waals surface area contributed by atoms with Crippen molar-refractivity contribution in [2.75, 3.05) is 29.6 Å². The molecule has 1 aliphatic rings. The quantitative estimate of drug-likeness (QED) is 0.743. The number of carboxylic acid groups (broad SMARTS) is 1. The minimum Gasteiger partial charge on any atom is -0.481 e. The first-order chi connectivity index (χ1) is 7.82. The Kier molecular flexibility index (Phi) is 4.81. The number of carbonyl (C=O) groups excluding carboxylic acids is 1. The summed E-state index contributed by atoms with van der Waals surface area (Å²) in [5.41, 5.74) is 0. The normalized spacial score (nSPS) is 23.4. The molecule has 1 rings (SSSR count). The van der Waals surface area contributed by atoms with Crippen molar-refractivity contribution in [1.82, 2.24) is 4.90 Å². The lowest BCUT2D eigenvalue weighted by molar-refractivity contribution is -0.133. The van der Waals surface area contributed by atoms with Crippen molar-refractivity contribution in [3.05, 3.63) is 0 Å².